The number of unbranched alkanes of at least 4 members (excludes halogenated alkanes) is 1. The molecule has 0 saturated carbocycles. The Kier molecular flexibility index (Phi) is 6.29. The Bertz CT molecular complexity index is 327. The van der Waals surface area contributed by atoms with Crippen molar-refractivity contribution in [2.24, 2.45) is 11.5 Å². The molecular weight excluding hydrogens is 216 g/mol. The van der Waals surface area contributed by atoms with Crippen LogP contribution < -0.4 is 11.5 Å². The van der Waals surface area contributed by atoms with Crippen LogP contribution in [0.3, 0.4) is 0 Å². The maximum absolute atomic E-state index is 11.6. The van der Waals surface area contributed by atoms with Crippen LogP contribution in [0.25, 0.3) is 0 Å². The summed E-state index contributed by atoms with van der Waals surface area (Å²) in [5, 5.41) is 0. The summed E-state index contributed by atoms with van der Waals surface area (Å²) in [6, 6.07) is 8.81. The van der Waals surface area contributed by atoms with Gasteiger partial charge in [-0.1, -0.05) is 24.6 Å². The van der Waals surface area contributed by atoms with Crippen molar-refractivity contribution in [3.8, 4) is 0 Å². The van der Waals surface area contributed by atoms with E-state index in [2.05, 4.69) is 0 Å². The lowest BCUT2D eigenvalue weighted by atomic mass is 10.1. The lowest BCUT2D eigenvalue weighted by Crippen LogP contribution is -2.27. The summed E-state index contributed by atoms with van der Waals surface area (Å²) in [5.41, 5.74) is 11.8. The first-order chi connectivity index (χ1) is 8.24. The Hall–Kier alpha value is -1.39. The van der Waals surface area contributed by atoms with E-state index in [1.165, 1.54) is 0 Å². The van der Waals surface area contributed by atoms with Crippen LogP contribution in [0.15, 0.2) is 30.3 Å². The van der Waals surface area contributed by atoms with Gasteiger partial charge in [0.1, 0.15) is 6.61 Å². The highest BCUT2D eigenvalue weighted by Crippen LogP contribution is 2.03. The molecule has 0 heterocycles. The predicted octanol–water partition coefficient (Wildman–Crippen LogP) is 1.30. The SMILES string of the molecule is NCCCC[C@H](N)COC(=O)c1ccccc1. The molecule has 0 amide bonds. The molecule has 4 nitrogen and oxygen atoms in total. The Labute approximate surface area is 102 Å². The molecule has 4 N–H and O–H groups in total. The maximum Gasteiger partial charge on any atom is 0.338 e. The highest BCUT2D eigenvalue weighted by atomic mass is 16.5. The fourth-order valence-corrected chi connectivity index (χ4v) is 1.47. The first-order valence-corrected chi connectivity index (χ1v) is 5.92. The van der Waals surface area contributed by atoms with Gasteiger partial charge < -0.3 is 16.2 Å². The molecule has 1 atom stereocenters. The first-order valence-electron chi connectivity index (χ1n) is 5.92. The van der Waals surface area contributed by atoms with E-state index in [1.54, 1.807) is 24.3 Å². The second kappa shape index (κ2) is 7.81. The highest BCUT2D eigenvalue weighted by molar-refractivity contribution is 5.89. The second-order valence-electron chi connectivity index (χ2n) is 4.01. The van der Waals surface area contributed by atoms with Crippen molar-refractivity contribution in [2.75, 3.05) is 13.2 Å². The number of nitrogens with two attached hydrogens (primary N) is 2. The van der Waals surface area contributed by atoms with Gasteiger partial charge in [0.25, 0.3) is 0 Å². The van der Waals surface area contributed by atoms with Gasteiger partial charge in [0.2, 0.25) is 0 Å². The minimum absolute atomic E-state index is 0.103. The third kappa shape index (κ3) is 5.47. The summed E-state index contributed by atoms with van der Waals surface area (Å²) in [4.78, 5) is 11.6. The molecule has 0 bridgehead atoms. The van der Waals surface area contributed by atoms with Crippen molar-refractivity contribution in [2.45, 2.75) is 25.3 Å². The third-order valence-corrected chi connectivity index (χ3v) is 2.47. The van der Waals surface area contributed by atoms with Crippen molar-refractivity contribution in [1.29, 1.82) is 0 Å². The largest absolute Gasteiger partial charge is 0.460 e. The number of carbonyl (C=O) groups excluding carboxylic acids is 1. The number of carbonyl (C=O) groups is 1. The normalized spacial score (nSPS) is 12.1. The van der Waals surface area contributed by atoms with Gasteiger partial charge >= 0.3 is 5.97 Å². The van der Waals surface area contributed by atoms with E-state index in [0.717, 1.165) is 19.3 Å². The van der Waals surface area contributed by atoms with E-state index in [4.69, 9.17) is 16.2 Å². The average molecular weight is 236 g/mol. The Balaban J connectivity index is 2.24. The van der Waals surface area contributed by atoms with Crippen LogP contribution in [-0.4, -0.2) is 25.2 Å². The summed E-state index contributed by atoms with van der Waals surface area (Å²) < 4.78 is 5.13. The standard InChI is InChI=1S/C13H20N2O2/c14-9-5-4-8-12(15)10-17-13(16)11-6-2-1-3-7-11/h1-3,6-7,12H,4-5,8-10,14-15H2/t12-/m0/s1. The molecular formula is C13H20N2O2. The molecule has 1 rings (SSSR count). The van der Waals surface area contributed by atoms with Crippen molar-refractivity contribution in [3.05, 3.63) is 35.9 Å². The van der Waals surface area contributed by atoms with Crippen molar-refractivity contribution in [1.82, 2.24) is 0 Å². The monoisotopic (exact) mass is 236 g/mol. The first kappa shape index (κ1) is 13.7. The summed E-state index contributed by atoms with van der Waals surface area (Å²) in [7, 11) is 0. The van der Waals surface area contributed by atoms with E-state index >= 15 is 0 Å². The molecule has 0 aromatic heterocycles. The highest BCUT2D eigenvalue weighted by Gasteiger charge is 2.09. The average Bonchev–Trinajstić information content (AvgIpc) is 2.37. The van der Waals surface area contributed by atoms with Gasteiger partial charge in [-0.25, -0.2) is 4.79 Å². The van der Waals surface area contributed by atoms with Crippen LogP contribution in [0.4, 0.5) is 0 Å². The number of benzene rings is 1. The molecule has 0 aliphatic heterocycles. The number of ether oxygens (including phenoxy) is 1. The molecule has 0 aliphatic carbocycles. The summed E-state index contributed by atoms with van der Waals surface area (Å²) >= 11 is 0. The summed E-state index contributed by atoms with van der Waals surface area (Å²) in [5.74, 6) is -0.320. The molecule has 1 aromatic carbocycles. The number of rotatable bonds is 7. The van der Waals surface area contributed by atoms with E-state index in [0.29, 0.717) is 12.1 Å². The van der Waals surface area contributed by atoms with Crippen LogP contribution in [0.5, 0.6) is 0 Å². The molecule has 0 spiro atoms. The molecule has 0 unspecified atom stereocenters. The maximum atomic E-state index is 11.6. The van der Waals surface area contributed by atoms with E-state index < -0.39 is 0 Å². The van der Waals surface area contributed by atoms with Crippen LogP contribution in [0.1, 0.15) is 29.6 Å². The zero-order chi connectivity index (χ0) is 12.5. The second-order valence-corrected chi connectivity index (χ2v) is 4.01. The summed E-state index contributed by atoms with van der Waals surface area (Å²) in [6.45, 7) is 0.939. The number of hydrogen-bond donors (Lipinski definition) is 2. The van der Waals surface area contributed by atoms with Gasteiger partial charge in [0.05, 0.1) is 5.56 Å². The topological polar surface area (TPSA) is 78.3 Å². The minimum Gasteiger partial charge on any atom is -0.460 e. The van der Waals surface area contributed by atoms with Gasteiger partial charge in [-0.3, -0.25) is 0 Å². The number of hydrogen-bond acceptors (Lipinski definition) is 4. The smallest absolute Gasteiger partial charge is 0.338 e. The van der Waals surface area contributed by atoms with Gasteiger partial charge in [-0.15, -0.1) is 0 Å². The molecule has 0 radical (unpaired) electrons. The zero-order valence-corrected chi connectivity index (χ0v) is 9.97. The lowest BCUT2D eigenvalue weighted by Gasteiger charge is -2.11. The molecule has 0 fully saturated rings. The van der Waals surface area contributed by atoms with E-state index in [9.17, 15) is 4.79 Å². The Morgan fingerprint density at radius 3 is 2.59 bits per heavy atom. The molecule has 0 aliphatic rings. The predicted molar refractivity (Wildman–Crippen MR) is 67.6 cm³/mol. The Morgan fingerprint density at radius 1 is 1.24 bits per heavy atom. The zero-order valence-electron chi connectivity index (χ0n) is 9.97. The Morgan fingerprint density at radius 2 is 1.94 bits per heavy atom. The van der Waals surface area contributed by atoms with Gasteiger partial charge in [0.15, 0.2) is 0 Å². The van der Waals surface area contributed by atoms with Crippen LogP contribution in [0, 0.1) is 0 Å². The van der Waals surface area contributed by atoms with Crippen LogP contribution in [0.2, 0.25) is 0 Å². The fraction of sp³-hybridized carbons (Fsp3) is 0.462. The quantitative estimate of drug-likeness (QED) is 0.552. The van der Waals surface area contributed by atoms with E-state index in [1.807, 2.05) is 6.07 Å². The van der Waals surface area contributed by atoms with Crippen molar-refractivity contribution >= 4 is 5.97 Å². The summed E-state index contributed by atoms with van der Waals surface area (Å²) in [6.07, 6.45) is 2.76. The van der Waals surface area contributed by atoms with Gasteiger partial charge in [0, 0.05) is 6.04 Å². The molecule has 94 valence electrons. The molecule has 17 heavy (non-hydrogen) atoms. The van der Waals surface area contributed by atoms with Crippen molar-refractivity contribution in [3.63, 3.8) is 0 Å². The van der Waals surface area contributed by atoms with E-state index in [-0.39, 0.29) is 18.6 Å². The van der Waals surface area contributed by atoms with Gasteiger partial charge in [-0.2, -0.15) is 0 Å². The van der Waals surface area contributed by atoms with Crippen LogP contribution >= 0.6 is 0 Å². The molecule has 1 aromatic rings. The third-order valence-electron chi connectivity index (χ3n) is 2.47. The molecule has 4 heteroatoms. The molecule has 0 saturated heterocycles. The minimum atomic E-state index is -0.320. The fourth-order valence-electron chi connectivity index (χ4n) is 1.47. The lowest BCUT2D eigenvalue weighted by molar-refractivity contribution is 0.0477. The van der Waals surface area contributed by atoms with Gasteiger partial charge in [-0.05, 0) is 31.5 Å². The number of esters is 1. The van der Waals surface area contributed by atoms with Crippen LogP contribution in [-0.2, 0) is 4.74 Å². The van der Waals surface area contributed by atoms with Crippen molar-refractivity contribution < 1.29 is 9.53 Å².